The van der Waals surface area contributed by atoms with E-state index >= 15 is 0 Å². The number of alkyl halides is 3. The van der Waals surface area contributed by atoms with Gasteiger partial charge in [0.2, 0.25) is 5.91 Å². The average Bonchev–Trinajstić information content (AvgIpc) is 3.58. The average molecular weight is 575 g/mol. The van der Waals surface area contributed by atoms with Crippen LogP contribution in [0.4, 0.5) is 24.5 Å². The fourth-order valence-electron chi connectivity index (χ4n) is 5.20. The van der Waals surface area contributed by atoms with Gasteiger partial charge in [0.05, 0.1) is 29.4 Å². The van der Waals surface area contributed by atoms with Crippen molar-refractivity contribution in [2.24, 2.45) is 0 Å². The zero-order valence-corrected chi connectivity index (χ0v) is 22.6. The van der Waals surface area contributed by atoms with Gasteiger partial charge in [-0.05, 0) is 79.8 Å². The fourth-order valence-corrected chi connectivity index (χ4v) is 6.29. The molecule has 1 atom stereocenters. The normalized spacial score (nSPS) is 18.2. The van der Waals surface area contributed by atoms with Crippen LogP contribution in [-0.2, 0) is 21.0 Å². The molecule has 1 saturated carbocycles. The highest BCUT2D eigenvalue weighted by Crippen LogP contribution is 2.38. The number of hydrogen-bond donors (Lipinski definition) is 1. The minimum Gasteiger partial charge on any atom is -0.493 e. The van der Waals surface area contributed by atoms with Crippen LogP contribution in [0.3, 0.4) is 0 Å². The maximum Gasteiger partial charge on any atom is 0.416 e. The van der Waals surface area contributed by atoms with Gasteiger partial charge in [-0.1, -0.05) is 18.2 Å². The molecule has 5 rings (SSSR count). The lowest BCUT2D eigenvalue weighted by molar-refractivity contribution is -0.137. The summed E-state index contributed by atoms with van der Waals surface area (Å²) in [7, 11) is -2.72. The van der Waals surface area contributed by atoms with E-state index < -0.39 is 26.7 Å². The summed E-state index contributed by atoms with van der Waals surface area (Å²) in [5.74, 6) is 1.05. The van der Waals surface area contributed by atoms with Crippen molar-refractivity contribution in [2.45, 2.75) is 55.2 Å². The predicted octanol–water partition coefficient (Wildman–Crippen LogP) is 6.36. The first kappa shape index (κ1) is 27.8. The van der Waals surface area contributed by atoms with Gasteiger partial charge in [0.1, 0.15) is 0 Å². The fraction of sp³-hybridized carbons (Fsp3) is 0.345. The third-order valence-electron chi connectivity index (χ3n) is 7.26. The third kappa shape index (κ3) is 6.04. The number of carbonyl (C=O) groups is 1. The standard InChI is InChI=1S/C29H29F3N2O5S/c1-38-26-13-12-19(14-27(26)39-24-9-2-3-10-24)20-15-28(35)34(18-20)23-8-5-7-22(17-23)33-40(36,37)25-11-4-6-21(16-25)29(30,31)32/h4-8,11-14,16-17,20,24,33H,2-3,9-10,15,18H2,1H3/t20-/m0/s1. The number of hydrogen-bond acceptors (Lipinski definition) is 5. The number of benzene rings is 3. The van der Waals surface area contributed by atoms with Crippen molar-refractivity contribution in [3.63, 3.8) is 0 Å². The number of sulfonamides is 1. The summed E-state index contributed by atoms with van der Waals surface area (Å²) in [6.07, 6.45) is -0.00968. The van der Waals surface area contributed by atoms with Crippen molar-refractivity contribution < 1.29 is 35.9 Å². The molecule has 2 fully saturated rings. The smallest absolute Gasteiger partial charge is 0.416 e. The molecule has 7 nitrogen and oxygen atoms in total. The molecule has 0 unspecified atom stereocenters. The number of nitrogens with zero attached hydrogens (tertiary/aromatic N) is 1. The molecular weight excluding hydrogens is 545 g/mol. The van der Waals surface area contributed by atoms with Gasteiger partial charge in [0.15, 0.2) is 11.5 Å². The maximum atomic E-state index is 13.1. The van der Waals surface area contributed by atoms with E-state index in [2.05, 4.69) is 4.72 Å². The summed E-state index contributed by atoms with van der Waals surface area (Å²) in [5.41, 5.74) is 0.481. The van der Waals surface area contributed by atoms with E-state index in [1.165, 1.54) is 12.1 Å². The van der Waals surface area contributed by atoms with Gasteiger partial charge in [0.25, 0.3) is 10.0 Å². The molecule has 0 radical (unpaired) electrons. The van der Waals surface area contributed by atoms with Gasteiger partial charge in [0, 0.05) is 24.6 Å². The lowest BCUT2D eigenvalue weighted by Crippen LogP contribution is -2.24. The van der Waals surface area contributed by atoms with Crippen LogP contribution < -0.4 is 19.1 Å². The molecule has 2 aliphatic rings. The molecule has 11 heteroatoms. The summed E-state index contributed by atoms with van der Waals surface area (Å²) in [6.45, 7) is 0.373. The Labute approximate surface area is 231 Å². The molecule has 1 N–H and O–H groups in total. The Morgan fingerprint density at radius 2 is 1.70 bits per heavy atom. The summed E-state index contributed by atoms with van der Waals surface area (Å²) in [6, 6.07) is 15.5. The van der Waals surface area contributed by atoms with Gasteiger partial charge in [-0.2, -0.15) is 13.2 Å². The van der Waals surface area contributed by atoms with Crippen LogP contribution >= 0.6 is 0 Å². The van der Waals surface area contributed by atoms with Crippen molar-refractivity contribution in [2.75, 3.05) is 23.3 Å². The number of nitrogens with one attached hydrogen (secondary N) is 1. The molecule has 40 heavy (non-hydrogen) atoms. The van der Waals surface area contributed by atoms with Gasteiger partial charge in [-0.15, -0.1) is 0 Å². The van der Waals surface area contributed by atoms with Crippen LogP contribution in [0.1, 0.15) is 49.1 Å². The molecule has 1 aliphatic carbocycles. The molecule has 3 aromatic rings. The highest BCUT2D eigenvalue weighted by Gasteiger charge is 2.33. The SMILES string of the molecule is COc1ccc([C@H]2CC(=O)N(c3cccc(NS(=O)(=O)c4cccc(C(F)(F)F)c4)c3)C2)cc1OC1CCCC1. The van der Waals surface area contributed by atoms with Crippen LogP contribution in [0.5, 0.6) is 11.5 Å². The summed E-state index contributed by atoms with van der Waals surface area (Å²) >= 11 is 0. The number of halogens is 3. The zero-order chi connectivity index (χ0) is 28.5. The topological polar surface area (TPSA) is 84.9 Å². The lowest BCUT2D eigenvalue weighted by atomic mass is 9.98. The monoisotopic (exact) mass is 574 g/mol. The summed E-state index contributed by atoms with van der Waals surface area (Å²) in [5, 5.41) is 0. The molecule has 1 aliphatic heterocycles. The van der Waals surface area contributed by atoms with Gasteiger partial charge in [-0.25, -0.2) is 8.42 Å². The molecule has 0 bridgehead atoms. The number of methoxy groups -OCH3 is 1. The van der Waals surface area contributed by atoms with Crippen LogP contribution in [-0.4, -0.2) is 34.1 Å². The van der Waals surface area contributed by atoms with Crippen molar-refractivity contribution in [3.05, 3.63) is 77.9 Å². The molecule has 0 spiro atoms. The van der Waals surface area contributed by atoms with Gasteiger partial charge in [-0.3, -0.25) is 9.52 Å². The van der Waals surface area contributed by atoms with Crippen LogP contribution in [0.15, 0.2) is 71.6 Å². The van der Waals surface area contributed by atoms with Crippen molar-refractivity contribution in [1.29, 1.82) is 0 Å². The van der Waals surface area contributed by atoms with Crippen molar-refractivity contribution in [3.8, 4) is 11.5 Å². The first-order valence-electron chi connectivity index (χ1n) is 13.0. The van der Waals surface area contributed by atoms with Crippen LogP contribution in [0.25, 0.3) is 0 Å². The van der Waals surface area contributed by atoms with Crippen molar-refractivity contribution in [1.82, 2.24) is 0 Å². The molecule has 1 heterocycles. The van der Waals surface area contributed by atoms with Crippen LogP contribution in [0.2, 0.25) is 0 Å². The van der Waals surface area contributed by atoms with E-state index in [4.69, 9.17) is 9.47 Å². The van der Waals surface area contributed by atoms with Crippen LogP contribution in [0, 0.1) is 0 Å². The third-order valence-corrected chi connectivity index (χ3v) is 8.64. The minimum absolute atomic E-state index is 0.116. The molecule has 0 aromatic heterocycles. The number of carbonyl (C=O) groups excluding carboxylic acids is 1. The summed E-state index contributed by atoms with van der Waals surface area (Å²) < 4.78 is 79.0. The van der Waals surface area contributed by atoms with E-state index in [0.717, 1.165) is 49.4 Å². The second-order valence-electron chi connectivity index (χ2n) is 10.0. The quantitative estimate of drug-likeness (QED) is 0.339. The molecular formula is C29H29F3N2O5S. The first-order chi connectivity index (χ1) is 19.0. The van der Waals surface area contributed by atoms with E-state index in [1.807, 2.05) is 18.2 Å². The van der Waals surface area contributed by atoms with E-state index in [-0.39, 0.29) is 30.0 Å². The minimum atomic E-state index is -4.68. The van der Waals surface area contributed by atoms with E-state index in [0.29, 0.717) is 29.8 Å². The maximum absolute atomic E-state index is 13.1. The Bertz CT molecular complexity index is 1500. The van der Waals surface area contributed by atoms with E-state index in [1.54, 1.807) is 24.1 Å². The Morgan fingerprint density at radius 3 is 2.42 bits per heavy atom. The lowest BCUT2D eigenvalue weighted by Gasteiger charge is -2.20. The Balaban J connectivity index is 1.33. The second kappa shape index (κ2) is 11.0. The number of ether oxygens (including phenoxy) is 2. The molecule has 212 valence electrons. The zero-order valence-electron chi connectivity index (χ0n) is 21.8. The van der Waals surface area contributed by atoms with E-state index in [9.17, 15) is 26.4 Å². The van der Waals surface area contributed by atoms with Gasteiger partial charge < -0.3 is 14.4 Å². The summed E-state index contributed by atoms with van der Waals surface area (Å²) in [4.78, 5) is 14.1. The number of anilines is 2. The second-order valence-corrected chi connectivity index (χ2v) is 11.7. The molecule has 1 amide bonds. The number of amides is 1. The predicted molar refractivity (Wildman–Crippen MR) is 144 cm³/mol. The Hall–Kier alpha value is -3.73. The Morgan fingerprint density at radius 1 is 0.950 bits per heavy atom. The first-order valence-corrected chi connectivity index (χ1v) is 14.5. The van der Waals surface area contributed by atoms with Gasteiger partial charge >= 0.3 is 6.18 Å². The Kier molecular flexibility index (Phi) is 7.67. The molecule has 3 aromatic carbocycles. The molecule has 1 saturated heterocycles. The highest BCUT2D eigenvalue weighted by atomic mass is 32.2. The van der Waals surface area contributed by atoms with Crippen molar-refractivity contribution >= 4 is 27.3 Å². The number of rotatable bonds is 8. The largest absolute Gasteiger partial charge is 0.493 e. The highest BCUT2D eigenvalue weighted by molar-refractivity contribution is 7.92.